The van der Waals surface area contributed by atoms with Gasteiger partial charge in [-0.05, 0) is 111 Å². The van der Waals surface area contributed by atoms with E-state index in [-0.39, 0.29) is 23.6 Å². The summed E-state index contributed by atoms with van der Waals surface area (Å²) in [5.41, 5.74) is 3.60. The molecule has 0 unspecified atom stereocenters. The van der Waals surface area contributed by atoms with Crippen LogP contribution < -0.4 is 24.4 Å². The molecule has 0 saturated heterocycles. The molecule has 11 heteroatoms. The molecule has 1 aliphatic rings. The number of fused-ring (bicyclic) bond motifs is 1. The number of nitrogens with zero attached hydrogens (tertiary/aromatic N) is 2. The van der Waals surface area contributed by atoms with Crippen molar-refractivity contribution in [2.24, 2.45) is 4.99 Å². The van der Waals surface area contributed by atoms with Crippen LogP contribution in [-0.4, -0.2) is 24.3 Å². The van der Waals surface area contributed by atoms with Crippen LogP contribution in [0.3, 0.4) is 0 Å². The van der Waals surface area contributed by atoms with Gasteiger partial charge in [0.15, 0.2) is 4.80 Å². The highest BCUT2D eigenvalue weighted by Crippen LogP contribution is 2.36. The zero-order valence-corrected chi connectivity index (χ0v) is 30.3. The van der Waals surface area contributed by atoms with E-state index in [0.29, 0.717) is 33.1 Å². The summed E-state index contributed by atoms with van der Waals surface area (Å²) in [7, 11) is 1.59. The molecule has 4 aromatic carbocycles. The number of carbonyl (C=O) groups excluding carboxylic acids is 1. The number of aromatic nitrogens is 1. The number of halogens is 3. The van der Waals surface area contributed by atoms with Crippen LogP contribution in [-0.2, 0) is 16.1 Å². The van der Waals surface area contributed by atoms with Gasteiger partial charge in [-0.2, -0.15) is 0 Å². The predicted octanol–water partition coefficient (Wildman–Crippen LogP) is 6.87. The first-order valence-corrected chi connectivity index (χ1v) is 17.5. The molecule has 7 nitrogen and oxygen atoms in total. The molecule has 0 bridgehead atoms. The summed E-state index contributed by atoms with van der Waals surface area (Å²) >= 11 is 5.69. The highest BCUT2D eigenvalue weighted by molar-refractivity contribution is 14.1. The Morgan fingerprint density at radius 2 is 1.68 bits per heavy atom. The lowest BCUT2D eigenvalue weighted by atomic mass is 9.93. The molecule has 0 spiro atoms. The summed E-state index contributed by atoms with van der Waals surface area (Å²) in [4.78, 5) is 33.3. The lowest BCUT2D eigenvalue weighted by Gasteiger charge is -2.26. The van der Waals surface area contributed by atoms with E-state index in [9.17, 15) is 14.0 Å². The molecule has 1 aliphatic heterocycles. The van der Waals surface area contributed by atoms with Crippen LogP contribution in [0.1, 0.15) is 35.2 Å². The Bertz CT molecular complexity index is 2140. The number of carbonyl (C=O) groups is 1. The summed E-state index contributed by atoms with van der Waals surface area (Å²) < 4.78 is 34.1. The number of hydrogen-bond donors (Lipinski definition) is 0. The normalized spacial score (nSPS) is 14.4. The van der Waals surface area contributed by atoms with Gasteiger partial charge in [-0.1, -0.05) is 65.9 Å². The minimum atomic E-state index is -0.781. The van der Waals surface area contributed by atoms with Crippen LogP contribution in [0.4, 0.5) is 4.39 Å². The molecule has 2 heterocycles. The van der Waals surface area contributed by atoms with Crippen molar-refractivity contribution >= 4 is 74.3 Å². The van der Waals surface area contributed by atoms with Gasteiger partial charge in [0.1, 0.15) is 23.9 Å². The monoisotopic (exact) mass is 872 g/mol. The molecular formula is C36H27FI2N2O5S. The third-order valence-corrected chi connectivity index (χ3v) is 10.0. The van der Waals surface area contributed by atoms with Crippen molar-refractivity contribution in [3.8, 4) is 11.5 Å². The number of methoxy groups -OCH3 is 1. The van der Waals surface area contributed by atoms with Gasteiger partial charge in [0.05, 0.1) is 42.7 Å². The molecule has 0 radical (unpaired) electrons. The van der Waals surface area contributed by atoms with Gasteiger partial charge in [-0.3, -0.25) is 9.36 Å². The Kier molecular flexibility index (Phi) is 10.2. The minimum Gasteiger partial charge on any atom is -0.497 e. The van der Waals surface area contributed by atoms with E-state index in [2.05, 4.69) is 45.2 Å². The van der Waals surface area contributed by atoms with Gasteiger partial charge in [0, 0.05) is 5.56 Å². The maximum Gasteiger partial charge on any atom is 0.338 e. The Balaban J connectivity index is 1.47. The Morgan fingerprint density at radius 3 is 2.32 bits per heavy atom. The third-order valence-electron chi connectivity index (χ3n) is 7.42. The summed E-state index contributed by atoms with van der Waals surface area (Å²) in [6, 6.07) is 26.1. The molecule has 0 saturated carbocycles. The van der Waals surface area contributed by atoms with E-state index < -0.39 is 12.0 Å². The van der Waals surface area contributed by atoms with E-state index in [1.54, 1.807) is 42.9 Å². The van der Waals surface area contributed by atoms with E-state index in [0.717, 1.165) is 29.4 Å². The number of esters is 1. The molecule has 0 fully saturated rings. The SMILES string of the molecule is CCOC(=O)C1=C(c2ccccc2)N=c2s/c(=C\c3cc(I)c(OCc4ccc(F)cc4)c(I)c3)c(=O)n2[C@@H]1c1ccc(OC)cc1. The molecule has 5 aromatic rings. The molecule has 0 aliphatic carbocycles. The largest absolute Gasteiger partial charge is 0.497 e. The van der Waals surface area contributed by atoms with E-state index >= 15 is 0 Å². The molecular weight excluding hydrogens is 845 g/mol. The van der Waals surface area contributed by atoms with Crippen molar-refractivity contribution in [3.63, 3.8) is 0 Å². The highest BCUT2D eigenvalue weighted by atomic mass is 127. The standard InChI is InChI=1S/C36H27FI2N2O5S/c1-3-45-35(43)30-31(23-7-5-4-6-8-23)40-36-41(32(30)24-11-15-26(44-2)16-12-24)34(42)29(47-36)19-22-17-27(38)33(28(39)18-22)46-20-21-9-13-25(37)14-10-21/h4-19,32H,3,20H2,1-2H3/b29-19-/t32-/m1/s1. The average molecular weight is 872 g/mol. The summed E-state index contributed by atoms with van der Waals surface area (Å²) in [6.07, 6.45) is 1.83. The van der Waals surface area contributed by atoms with Crippen molar-refractivity contribution in [2.45, 2.75) is 19.6 Å². The fraction of sp³-hybridized carbons (Fsp3) is 0.139. The van der Waals surface area contributed by atoms with Crippen LogP contribution in [0, 0.1) is 13.0 Å². The van der Waals surface area contributed by atoms with Crippen LogP contribution in [0.25, 0.3) is 11.8 Å². The fourth-order valence-electron chi connectivity index (χ4n) is 5.23. The van der Waals surface area contributed by atoms with Crippen LogP contribution in [0.5, 0.6) is 11.5 Å². The van der Waals surface area contributed by atoms with E-state index in [1.807, 2.05) is 60.7 Å². The minimum absolute atomic E-state index is 0.172. The topological polar surface area (TPSA) is 79.1 Å². The van der Waals surface area contributed by atoms with Gasteiger partial charge >= 0.3 is 5.97 Å². The number of benzene rings is 4. The van der Waals surface area contributed by atoms with Crippen LogP contribution in [0.2, 0.25) is 0 Å². The molecule has 0 N–H and O–H groups in total. The maximum absolute atomic E-state index is 14.2. The average Bonchev–Trinajstić information content (AvgIpc) is 3.38. The van der Waals surface area contributed by atoms with E-state index in [1.165, 1.54) is 23.5 Å². The zero-order chi connectivity index (χ0) is 33.1. The van der Waals surface area contributed by atoms with Crippen LogP contribution in [0.15, 0.2) is 106 Å². The van der Waals surface area contributed by atoms with Gasteiger partial charge in [0.25, 0.3) is 5.56 Å². The lowest BCUT2D eigenvalue weighted by molar-refractivity contribution is -0.138. The lowest BCUT2D eigenvalue weighted by Crippen LogP contribution is -2.40. The Labute approximate surface area is 301 Å². The van der Waals surface area contributed by atoms with E-state index in [4.69, 9.17) is 19.2 Å². The first kappa shape index (κ1) is 33.1. The Hall–Kier alpha value is -3.82. The van der Waals surface area contributed by atoms with Gasteiger partial charge in [-0.15, -0.1) is 0 Å². The summed E-state index contributed by atoms with van der Waals surface area (Å²) in [5.74, 6) is 0.530. The van der Waals surface area contributed by atoms with Crippen LogP contribution >= 0.6 is 56.5 Å². The fourth-order valence-corrected chi connectivity index (χ4v) is 8.36. The zero-order valence-electron chi connectivity index (χ0n) is 25.2. The number of thiazole rings is 1. The Morgan fingerprint density at radius 1 is 1.00 bits per heavy atom. The first-order chi connectivity index (χ1) is 22.8. The summed E-state index contributed by atoms with van der Waals surface area (Å²) in [6.45, 7) is 2.22. The molecule has 1 aromatic heterocycles. The number of rotatable bonds is 9. The van der Waals surface area contributed by atoms with Crippen molar-refractivity contribution in [2.75, 3.05) is 13.7 Å². The second kappa shape index (κ2) is 14.5. The van der Waals surface area contributed by atoms with Gasteiger partial charge in [0.2, 0.25) is 0 Å². The van der Waals surface area contributed by atoms with Crippen molar-refractivity contribution in [1.29, 1.82) is 0 Å². The second-order valence-corrected chi connectivity index (χ2v) is 13.8. The smallest absolute Gasteiger partial charge is 0.338 e. The molecule has 47 heavy (non-hydrogen) atoms. The van der Waals surface area contributed by atoms with Crippen molar-refractivity contribution in [1.82, 2.24) is 4.57 Å². The molecule has 238 valence electrons. The number of hydrogen-bond acceptors (Lipinski definition) is 7. The van der Waals surface area contributed by atoms with Crippen molar-refractivity contribution in [3.05, 3.63) is 151 Å². The summed E-state index contributed by atoms with van der Waals surface area (Å²) in [5, 5.41) is 0. The highest BCUT2D eigenvalue weighted by Gasteiger charge is 2.35. The number of ether oxygens (including phenoxy) is 3. The molecule has 1 atom stereocenters. The second-order valence-electron chi connectivity index (χ2n) is 10.4. The molecule has 0 amide bonds. The maximum atomic E-state index is 14.2. The third kappa shape index (κ3) is 7.06. The van der Waals surface area contributed by atoms with Gasteiger partial charge in [-0.25, -0.2) is 14.2 Å². The van der Waals surface area contributed by atoms with Gasteiger partial charge < -0.3 is 14.2 Å². The first-order valence-electron chi connectivity index (χ1n) is 14.6. The quantitative estimate of drug-likeness (QED) is 0.120. The molecule has 6 rings (SSSR count). The van der Waals surface area contributed by atoms with Crippen molar-refractivity contribution < 1.29 is 23.4 Å². The predicted molar refractivity (Wildman–Crippen MR) is 197 cm³/mol.